The van der Waals surface area contributed by atoms with Crippen LogP contribution in [0.25, 0.3) is 0 Å². The lowest BCUT2D eigenvalue weighted by Gasteiger charge is -2.13. The minimum Gasteiger partial charge on any atom is -0.493 e. The summed E-state index contributed by atoms with van der Waals surface area (Å²) in [5.74, 6) is -1.14. The summed E-state index contributed by atoms with van der Waals surface area (Å²) in [6.45, 7) is -3.22. The molecule has 0 aliphatic rings. The number of rotatable bonds is 7. The zero-order valence-corrected chi connectivity index (χ0v) is 12.4. The third kappa shape index (κ3) is 5.52. The molecule has 0 fully saturated rings. The van der Waals surface area contributed by atoms with Gasteiger partial charge in [0.2, 0.25) is 0 Å². The second kappa shape index (κ2) is 8.13. The molecule has 0 aromatic heterocycles. The average Bonchev–Trinajstić information content (AvgIpc) is 2.43. The van der Waals surface area contributed by atoms with Gasteiger partial charge < -0.3 is 14.8 Å². The van der Waals surface area contributed by atoms with Crippen molar-refractivity contribution in [1.29, 1.82) is 0 Å². The van der Waals surface area contributed by atoms with Crippen LogP contribution in [0.4, 0.5) is 8.78 Å². The number of ether oxygens (including phenoxy) is 2. The van der Waals surface area contributed by atoms with E-state index in [0.29, 0.717) is 0 Å². The van der Waals surface area contributed by atoms with Crippen LogP contribution in [0, 0.1) is 0 Å². The third-order valence-corrected chi connectivity index (χ3v) is 2.40. The number of hydrogen-bond donors (Lipinski definition) is 2. The standard InChI is InChI=1S/C13H17F2N3O4/c1-18(2)17-11(19)7-16-12(20)8-4-5-9(22-13(14)15)10(6-8)21-3/h4-6,13H,7H2,1-3H3,(H,16,20)(H,17,19). The molecule has 0 atom stereocenters. The predicted octanol–water partition coefficient (Wildman–Crippen LogP) is 0.619. The Balaban J connectivity index is 2.71. The summed E-state index contributed by atoms with van der Waals surface area (Å²) in [5, 5.41) is 3.83. The lowest BCUT2D eigenvalue weighted by molar-refractivity contribution is -0.123. The van der Waals surface area contributed by atoms with Gasteiger partial charge in [0, 0.05) is 19.7 Å². The van der Waals surface area contributed by atoms with Crippen LogP contribution in [0.5, 0.6) is 11.5 Å². The minimum atomic E-state index is -3.00. The van der Waals surface area contributed by atoms with E-state index in [9.17, 15) is 18.4 Å². The number of halogens is 2. The predicted molar refractivity (Wildman–Crippen MR) is 73.8 cm³/mol. The van der Waals surface area contributed by atoms with E-state index in [0.717, 1.165) is 0 Å². The maximum absolute atomic E-state index is 12.2. The van der Waals surface area contributed by atoms with Gasteiger partial charge in [-0.25, -0.2) is 5.01 Å². The lowest BCUT2D eigenvalue weighted by atomic mass is 10.2. The summed E-state index contributed by atoms with van der Waals surface area (Å²) in [6, 6.07) is 3.73. The van der Waals surface area contributed by atoms with Crippen molar-refractivity contribution in [2.75, 3.05) is 27.7 Å². The Bertz CT molecular complexity index is 538. The van der Waals surface area contributed by atoms with Gasteiger partial charge in [0.05, 0.1) is 13.7 Å². The van der Waals surface area contributed by atoms with E-state index in [4.69, 9.17) is 4.74 Å². The minimum absolute atomic E-state index is 0.00862. The molecule has 0 heterocycles. The van der Waals surface area contributed by atoms with Gasteiger partial charge in [-0.2, -0.15) is 8.78 Å². The molecule has 0 saturated carbocycles. The highest BCUT2D eigenvalue weighted by atomic mass is 19.3. The highest BCUT2D eigenvalue weighted by Gasteiger charge is 2.14. The van der Waals surface area contributed by atoms with E-state index in [1.54, 1.807) is 14.1 Å². The number of hydrazine groups is 1. The van der Waals surface area contributed by atoms with Crippen molar-refractivity contribution in [3.05, 3.63) is 23.8 Å². The average molecular weight is 317 g/mol. The van der Waals surface area contributed by atoms with Crippen molar-refractivity contribution >= 4 is 11.8 Å². The molecular weight excluding hydrogens is 300 g/mol. The number of carbonyl (C=O) groups is 2. The van der Waals surface area contributed by atoms with Crippen LogP contribution in [0.1, 0.15) is 10.4 Å². The van der Waals surface area contributed by atoms with E-state index in [-0.39, 0.29) is 23.6 Å². The fourth-order valence-corrected chi connectivity index (χ4v) is 1.55. The van der Waals surface area contributed by atoms with E-state index in [2.05, 4.69) is 15.5 Å². The van der Waals surface area contributed by atoms with Crippen LogP contribution < -0.4 is 20.2 Å². The second-order valence-corrected chi connectivity index (χ2v) is 4.36. The molecule has 1 aromatic carbocycles. The molecule has 122 valence electrons. The van der Waals surface area contributed by atoms with Crippen LogP contribution in [0.15, 0.2) is 18.2 Å². The van der Waals surface area contributed by atoms with Crippen LogP contribution in [0.2, 0.25) is 0 Å². The largest absolute Gasteiger partial charge is 0.493 e. The fraction of sp³-hybridized carbons (Fsp3) is 0.385. The molecule has 0 spiro atoms. The maximum atomic E-state index is 12.2. The molecule has 9 heteroatoms. The van der Waals surface area contributed by atoms with Gasteiger partial charge in [-0.1, -0.05) is 0 Å². The highest BCUT2D eigenvalue weighted by molar-refractivity contribution is 5.97. The first-order chi connectivity index (χ1) is 10.3. The van der Waals surface area contributed by atoms with Gasteiger partial charge in [0.15, 0.2) is 11.5 Å². The first-order valence-electron chi connectivity index (χ1n) is 6.21. The number of methoxy groups -OCH3 is 1. The monoisotopic (exact) mass is 317 g/mol. The number of nitrogens with zero attached hydrogens (tertiary/aromatic N) is 1. The molecule has 1 rings (SSSR count). The third-order valence-electron chi connectivity index (χ3n) is 2.40. The molecule has 0 radical (unpaired) electrons. The molecule has 1 aromatic rings. The van der Waals surface area contributed by atoms with E-state index >= 15 is 0 Å². The molecule has 22 heavy (non-hydrogen) atoms. The van der Waals surface area contributed by atoms with E-state index in [1.165, 1.54) is 30.3 Å². The summed E-state index contributed by atoms with van der Waals surface area (Å²) in [4.78, 5) is 23.3. The zero-order valence-electron chi connectivity index (χ0n) is 12.4. The van der Waals surface area contributed by atoms with Gasteiger partial charge in [-0.3, -0.25) is 15.0 Å². The molecular formula is C13H17F2N3O4. The first-order valence-corrected chi connectivity index (χ1v) is 6.21. The number of carbonyl (C=O) groups excluding carboxylic acids is 2. The number of alkyl halides is 2. The van der Waals surface area contributed by atoms with Crippen LogP contribution >= 0.6 is 0 Å². The van der Waals surface area contributed by atoms with Gasteiger partial charge in [0.25, 0.3) is 11.8 Å². The maximum Gasteiger partial charge on any atom is 0.387 e. The topological polar surface area (TPSA) is 79.9 Å². The number of amides is 2. The molecule has 0 bridgehead atoms. The Morgan fingerprint density at radius 1 is 1.27 bits per heavy atom. The molecule has 0 aliphatic heterocycles. The molecule has 7 nitrogen and oxygen atoms in total. The zero-order chi connectivity index (χ0) is 16.7. The van der Waals surface area contributed by atoms with Gasteiger partial charge in [0.1, 0.15) is 0 Å². The smallest absolute Gasteiger partial charge is 0.387 e. The molecule has 0 unspecified atom stereocenters. The summed E-state index contributed by atoms with van der Waals surface area (Å²) in [6.07, 6.45) is 0. The SMILES string of the molecule is COc1cc(C(=O)NCC(=O)NN(C)C)ccc1OC(F)F. The summed E-state index contributed by atoms with van der Waals surface area (Å²) in [5.41, 5.74) is 2.60. The Morgan fingerprint density at radius 3 is 2.50 bits per heavy atom. The lowest BCUT2D eigenvalue weighted by Crippen LogP contribution is -2.43. The van der Waals surface area contributed by atoms with Crippen molar-refractivity contribution in [2.45, 2.75) is 6.61 Å². The number of hydrogen-bond acceptors (Lipinski definition) is 5. The quantitative estimate of drug-likeness (QED) is 0.721. The highest BCUT2D eigenvalue weighted by Crippen LogP contribution is 2.29. The Kier molecular flexibility index (Phi) is 6.51. The fourth-order valence-electron chi connectivity index (χ4n) is 1.55. The molecule has 2 N–H and O–H groups in total. The molecule has 2 amide bonds. The Labute approximate surface area is 126 Å². The molecule has 0 aliphatic carbocycles. The van der Waals surface area contributed by atoms with Crippen molar-refractivity contribution in [3.8, 4) is 11.5 Å². The Hall–Kier alpha value is -2.42. The Morgan fingerprint density at radius 2 is 1.95 bits per heavy atom. The van der Waals surface area contributed by atoms with Crippen molar-refractivity contribution < 1.29 is 27.8 Å². The summed E-state index contributed by atoms with van der Waals surface area (Å²) in [7, 11) is 4.53. The van der Waals surface area contributed by atoms with E-state index < -0.39 is 18.4 Å². The second-order valence-electron chi connectivity index (χ2n) is 4.36. The normalized spacial score (nSPS) is 10.5. The van der Waals surface area contributed by atoms with Gasteiger partial charge in [-0.15, -0.1) is 0 Å². The summed E-state index contributed by atoms with van der Waals surface area (Å²) >= 11 is 0. The number of benzene rings is 1. The van der Waals surface area contributed by atoms with E-state index in [1.807, 2.05) is 0 Å². The first kappa shape index (κ1) is 17.6. The van der Waals surface area contributed by atoms with Crippen LogP contribution in [-0.4, -0.2) is 51.2 Å². The van der Waals surface area contributed by atoms with Crippen molar-refractivity contribution in [1.82, 2.24) is 15.8 Å². The van der Waals surface area contributed by atoms with Gasteiger partial charge in [-0.05, 0) is 18.2 Å². The van der Waals surface area contributed by atoms with Crippen LogP contribution in [-0.2, 0) is 4.79 Å². The molecule has 0 saturated heterocycles. The number of nitrogens with one attached hydrogen (secondary N) is 2. The van der Waals surface area contributed by atoms with Crippen molar-refractivity contribution in [3.63, 3.8) is 0 Å². The van der Waals surface area contributed by atoms with Crippen molar-refractivity contribution in [2.24, 2.45) is 0 Å². The van der Waals surface area contributed by atoms with Gasteiger partial charge >= 0.3 is 6.61 Å². The summed E-state index contributed by atoms with van der Waals surface area (Å²) < 4.78 is 33.6. The van der Waals surface area contributed by atoms with Crippen LogP contribution in [0.3, 0.4) is 0 Å².